The van der Waals surface area contributed by atoms with Crippen LogP contribution in [0.5, 0.6) is 5.75 Å². The van der Waals surface area contributed by atoms with E-state index in [1.54, 1.807) is 13.2 Å². The number of carbonyl (C=O) groups excluding carboxylic acids is 1. The van der Waals surface area contributed by atoms with Crippen molar-refractivity contribution < 1.29 is 18.7 Å². The number of benzene rings is 2. The number of carbonyl (C=O) groups is 1. The van der Waals surface area contributed by atoms with Crippen LogP contribution in [-0.2, 0) is 16.0 Å². The molecule has 0 aliphatic carbocycles. The molecular formula is C36H52O5. The predicted molar refractivity (Wildman–Crippen MR) is 171 cm³/mol. The Kier molecular flexibility index (Phi) is 12.8. The molecule has 1 heterocycles. The van der Waals surface area contributed by atoms with Gasteiger partial charge < -0.3 is 18.7 Å². The van der Waals surface area contributed by atoms with Crippen molar-refractivity contribution >= 4 is 17.3 Å². The third-order valence-electron chi connectivity index (χ3n) is 8.19. The van der Waals surface area contributed by atoms with Gasteiger partial charge in [0, 0.05) is 30.4 Å². The molecule has 2 atom stereocenters. The molecule has 0 amide bonds. The molecule has 0 saturated carbocycles. The molecule has 2 aromatic carbocycles. The Morgan fingerprint density at radius 2 is 1.59 bits per heavy atom. The molecule has 0 saturated heterocycles. The highest BCUT2D eigenvalue weighted by atomic mass is 16.5. The minimum atomic E-state index is -0.336. The summed E-state index contributed by atoms with van der Waals surface area (Å²) in [6, 6.07) is 15.8. The van der Waals surface area contributed by atoms with Gasteiger partial charge in [-0.2, -0.15) is 0 Å². The highest BCUT2D eigenvalue weighted by Gasteiger charge is 2.27. The number of aryl methyl sites for hydroxylation is 1. The Labute approximate surface area is 247 Å². The Hall–Kier alpha value is -2.92. The average Bonchev–Trinajstić information content (AvgIpc) is 2.92. The number of fused-ring (bicyclic) bond motifs is 1. The maximum Gasteiger partial charge on any atom is 0.344 e. The van der Waals surface area contributed by atoms with Gasteiger partial charge in [0.1, 0.15) is 17.6 Å². The second kappa shape index (κ2) is 15.3. The second-order valence-corrected chi connectivity index (χ2v) is 12.9. The Morgan fingerprint density at radius 1 is 0.927 bits per heavy atom. The van der Waals surface area contributed by atoms with Crippen LogP contribution in [0.15, 0.2) is 57.7 Å². The van der Waals surface area contributed by atoms with Gasteiger partial charge in [-0.25, -0.2) is 4.79 Å². The molecule has 3 aromatic rings. The first-order chi connectivity index (χ1) is 19.2. The molecule has 5 nitrogen and oxygen atoms in total. The third kappa shape index (κ3) is 10.5. The van der Waals surface area contributed by atoms with Crippen LogP contribution in [0.25, 0.3) is 22.1 Å². The van der Waals surface area contributed by atoms with Gasteiger partial charge in [-0.1, -0.05) is 78.6 Å². The summed E-state index contributed by atoms with van der Waals surface area (Å²) in [6.45, 7) is 18.7. The van der Waals surface area contributed by atoms with Gasteiger partial charge in [-0.3, -0.25) is 0 Å². The van der Waals surface area contributed by atoms with Crippen LogP contribution in [0.2, 0.25) is 0 Å². The van der Waals surface area contributed by atoms with E-state index in [0.717, 1.165) is 30.1 Å². The number of ether oxygens (including phenoxy) is 2. The molecule has 0 aliphatic rings. The van der Waals surface area contributed by atoms with Crippen molar-refractivity contribution in [1.29, 1.82) is 0 Å². The molecule has 1 aromatic heterocycles. The number of rotatable bonds is 13. The lowest BCUT2D eigenvalue weighted by molar-refractivity contribution is -0.117. The van der Waals surface area contributed by atoms with Crippen LogP contribution in [-0.4, -0.2) is 25.1 Å². The SMILES string of the molecule is CC(C)C(C)C(C)(C)C=O.CCCCCc1ccc(-c2cc3ccc(OC(C)CC(C)(C)OC)cc3oc2=O)cc1. The maximum absolute atomic E-state index is 12.7. The summed E-state index contributed by atoms with van der Waals surface area (Å²) in [5.41, 5.74) is 2.53. The highest BCUT2D eigenvalue weighted by Crippen LogP contribution is 2.30. The number of hydrogen-bond acceptors (Lipinski definition) is 5. The van der Waals surface area contributed by atoms with Crippen molar-refractivity contribution in [3.8, 4) is 16.9 Å². The Morgan fingerprint density at radius 3 is 2.12 bits per heavy atom. The van der Waals surface area contributed by atoms with E-state index in [2.05, 4.69) is 39.8 Å². The van der Waals surface area contributed by atoms with Crippen LogP contribution in [0.4, 0.5) is 0 Å². The van der Waals surface area contributed by atoms with Crippen molar-refractivity contribution in [1.82, 2.24) is 0 Å². The lowest BCUT2D eigenvalue weighted by Crippen LogP contribution is -2.30. The van der Waals surface area contributed by atoms with Crippen molar-refractivity contribution in [2.45, 2.75) is 106 Å². The minimum Gasteiger partial charge on any atom is -0.490 e. The largest absolute Gasteiger partial charge is 0.490 e. The Balaban J connectivity index is 0.000000503. The quantitative estimate of drug-likeness (QED) is 0.118. The lowest BCUT2D eigenvalue weighted by atomic mass is 9.75. The third-order valence-corrected chi connectivity index (χ3v) is 8.19. The smallest absolute Gasteiger partial charge is 0.344 e. The molecule has 2 unspecified atom stereocenters. The van der Waals surface area contributed by atoms with E-state index >= 15 is 0 Å². The minimum absolute atomic E-state index is 0.0331. The molecule has 0 N–H and O–H groups in total. The number of hydrogen-bond donors (Lipinski definition) is 0. The number of aldehydes is 1. The summed E-state index contributed by atoms with van der Waals surface area (Å²) in [4.78, 5) is 23.2. The molecule has 0 radical (unpaired) electrons. The van der Waals surface area contributed by atoms with E-state index in [4.69, 9.17) is 13.9 Å². The first-order valence-corrected chi connectivity index (χ1v) is 15.1. The van der Waals surface area contributed by atoms with Gasteiger partial charge in [-0.15, -0.1) is 0 Å². The monoisotopic (exact) mass is 564 g/mol. The molecule has 0 aliphatic heterocycles. The fourth-order valence-electron chi connectivity index (χ4n) is 4.81. The summed E-state index contributed by atoms with van der Waals surface area (Å²) in [5.74, 6) is 1.73. The zero-order chi connectivity index (χ0) is 30.8. The van der Waals surface area contributed by atoms with Crippen LogP contribution in [0.3, 0.4) is 0 Å². The van der Waals surface area contributed by atoms with Crippen LogP contribution < -0.4 is 10.4 Å². The van der Waals surface area contributed by atoms with Gasteiger partial charge in [-0.05, 0) is 74.8 Å². The van der Waals surface area contributed by atoms with E-state index in [-0.39, 0.29) is 22.7 Å². The van der Waals surface area contributed by atoms with Crippen LogP contribution in [0.1, 0.15) is 93.6 Å². The fraction of sp³-hybridized carbons (Fsp3) is 0.556. The summed E-state index contributed by atoms with van der Waals surface area (Å²) in [7, 11) is 1.70. The zero-order valence-corrected chi connectivity index (χ0v) is 27.0. The van der Waals surface area contributed by atoms with Crippen molar-refractivity contribution in [2.75, 3.05) is 7.11 Å². The second-order valence-electron chi connectivity index (χ2n) is 12.9. The number of unbranched alkanes of at least 4 members (excludes halogenated alkanes) is 2. The molecule has 0 spiro atoms. The molecule has 226 valence electrons. The van der Waals surface area contributed by atoms with E-state index in [0.29, 0.717) is 28.7 Å². The van der Waals surface area contributed by atoms with Crippen LogP contribution in [0, 0.1) is 17.3 Å². The number of methoxy groups -OCH3 is 1. The van der Waals surface area contributed by atoms with Crippen molar-refractivity contribution in [3.05, 3.63) is 64.5 Å². The van der Waals surface area contributed by atoms with Gasteiger partial charge in [0.25, 0.3) is 0 Å². The molecular weight excluding hydrogens is 512 g/mol. The summed E-state index contributed by atoms with van der Waals surface area (Å²) >= 11 is 0. The van der Waals surface area contributed by atoms with Gasteiger partial charge in [0.05, 0.1) is 17.3 Å². The van der Waals surface area contributed by atoms with E-state index in [1.165, 1.54) is 24.8 Å². The van der Waals surface area contributed by atoms with E-state index < -0.39 is 0 Å². The zero-order valence-electron chi connectivity index (χ0n) is 27.0. The maximum atomic E-state index is 12.7. The topological polar surface area (TPSA) is 65.7 Å². The van der Waals surface area contributed by atoms with E-state index in [9.17, 15) is 9.59 Å². The summed E-state index contributed by atoms with van der Waals surface area (Å²) in [6.07, 6.45) is 6.49. The average molecular weight is 565 g/mol. The molecule has 0 fully saturated rings. The first-order valence-electron chi connectivity index (χ1n) is 15.1. The fourth-order valence-corrected chi connectivity index (χ4v) is 4.81. The van der Waals surface area contributed by atoms with Gasteiger partial charge in [0.15, 0.2) is 0 Å². The molecule has 3 rings (SSSR count). The highest BCUT2D eigenvalue weighted by molar-refractivity contribution is 5.82. The summed E-state index contributed by atoms with van der Waals surface area (Å²) in [5, 5.41) is 0.874. The molecule has 5 heteroatoms. The molecule has 41 heavy (non-hydrogen) atoms. The van der Waals surface area contributed by atoms with Gasteiger partial charge >= 0.3 is 5.63 Å². The lowest BCUT2D eigenvalue weighted by Gasteiger charge is -2.28. The predicted octanol–water partition coefficient (Wildman–Crippen LogP) is 9.28. The van der Waals surface area contributed by atoms with Crippen molar-refractivity contribution in [3.63, 3.8) is 0 Å². The Bertz CT molecular complexity index is 1280. The summed E-state index contributed by atoms with van der Waals surface area (Å²) < 4.78 is 17.1. The molecule has 0 bridgehead atoms. The normalized spacial score (nSPS) is 13.4. The standard InChI is InChI=1S/C27H34O4.C9H18O/c1-6-7-8-9-20-10-12-21(13-11-20)24-16-22-14-15-23(17-25(22)31-26(24)28)30-19(2)18-27(3,4)29-5;1-7(2)8(3)9(4,5)6-10/h10-17,19H,6-9,18H2,1-5H3;6-8H,1-5H3. The van der Waals surface area contributed by atoms with Crippen molar-refractivity contribution in [2.24, 2.45) is 17.3 Å². The van der Waals surface area contributed by atoms with E-state index in [1.807, 2.05) is 65.0 Å². The van der Waals surface area contributed by atoms with Gasteiger partial charge in [0.2, 0.25) is 0 Å². The van der Waals surface area contributed by atoms with Crippen LogP contribution >= 0.6 is 0 Å². The first kappa shape index (κ1) is 34.3.